The Balaban J connectivity index is 2.56. The fourth-order valence-corrected chi connectivity index (χ4v) is 0.698. The topological polar surface area (TPSA) is 67.5 Å². The van der Waals surface area contributed by atoms with Gasteiger partial charge in [0.1, 0.15) is 11.5 Å². The number of nitrogens with one attached hydrogen (secondary N) is 1. The van der Waals surface area contributed by atoms with E-state index in [-0.39, 0.29) is 12.5 Å². The number of rotatable bonds is 3. The van der Waals surface area contributed by atoms with Crippen molar-refractivity contribution < 1.29 is 9.84 Å². The van der Waals surface area contributed by atoms with Crippen LogP contribution in [0.15, 0.2) is 24.3 Å². The van der Waals surface area contributed by atoms with Crippen molar-refractivity contribution in [2.24, 2.45) is 5.84 Å². The largest absolute Gasteiger partial charge is 0.508 e. The molecule has 11 heavy (non-hydrogen) atoms. The van der Waals surface area contributed by atoms with E-state index < -0.39 is 0 Å². The molecule has 0 unspecified atom stereocenters. The Bertz CT molecular complexity index is 227. The maximum Gasteiger partial charge on any atom is 0.151 e. The quantitative estimate of drug-likeness (QED) is 0.330. The highest BCUT2D eigenvalue weighted by atomic mass is 16.5. The first-order valence-corrected chi connectivity index (χ1v) is 3.18. The molecule has 4 N–H and O–H groups in total. The van der Waals surface area contributed by atoms with Gasteiger partial charge in [-0.3, -0.25) is 5.84 Å². The van der Waals surface area contributed by atoms with E-state index in [0.29, 0.717) is 5.75 Å². The Morgan fingerprint density at radius 2 is 2.36 bits per heavy atom. The number of phenols is 1. The third kappa shape index (κ3) is 2.45. The van der Waals surface area contributed by atoms with Crippen LogP contribution in [0.4, 0.5) is 0 Å². The van der Waals surface area contributed by atoms with E-state index in [0.717, 1.165) is 0 Å². The SMILES string of the molecule is NNCOc1cccc(O)c1. The van der Waals surface area contributed by atoms with Crippen molar-refractivity contribution in [2.75, 3.05) is 6.73 Å². The standard InChI is InChI=1S/C7H10N2O2/c8-9-5-11-7-3-1-2-6(10)4-7/h1-4,9-10H,5,8H2. The van der Waals surface area contributed by atoms with Gasteiger partial charge in [-0.2, -0.15) is 0 Å². The van der Waals surface area contributed by atoms with E-state index >= 15 is 0 Å². The summed E-state index contributed by atoms with van der Waals surface area (Å²) in [6, 6.07) is 6.51. The predicted octanol–water partition coefficient (Wildman–Crippen LogP) is 0.192. The Hall–Kier alpha value is -1.26. The second-order valence-corrected chi connectivity index (χ2v) is 1.99. The van der Waals surface area contributed by atoms with Crippen molar-refractivity contribution in [1.29, 1.82) is 0 Å². The van der Waals surface area contributed by atoms with Crippen LogP contribution < -0.4 is 16.0 Å². The van der Waals surface area contributed by atoms with Crippen molar-refractivity contribution >= 4 is 0 Å². The molecule has 0 heterocycles. The first kappa shape index (κ1) is 7.84. The lowest BCUT2D eigenvalue weighted by Crippen LogP contribution is -2.26. The van der Waals surface area contributed by atoms with E-state index in [9.17, 15) is 0 Å². The lowest BCUT2D eigenvalue weighted by Gasteiger charge is -2.03. The Morgan fingerprint density at radius 3 is 3.00 bits per heavy atom. The van der Waals surface area contributed by atoms with Gasteiger partial charge in [-0.1, -0.05) is 6.07 Å². The van der Waals surface area contributed by atoms with Gasteiger partial charge in [0.15, 0.2) is 6.73 Å². The fourth-order valence-electron chi connectivity index (χ4n) is 0.698. The number of aromatic hydroxyl groups is 1. The summed E-state index contributed by atoms with van der Waals surface area (Å²) in [4.78, 5) is 0. The first-order valence-electron chi connectivity index (χ1n) is 3.18. The zero-order valence-corrected chi connectivity index (χ0v) is 5.95. The molecule has 4 heteroatoms. The number of benzene rings is 1. The van der Waals surface area contributed by atoms with Crippen molar-refractivity contribution in [2.45, 2.75) is 0 Å². The third-order valence-electron chi connectivity index (χ3n) is 1.14. The summed E-state index contributed by atoms with van der Waals surface area (Å²) >= 11 is 0. The van der Waals surface area contributed by atoms with Gasteiger partial charge in [-0.15, -0.1) is 0 Å². The molecule has 60 valence electrons. The molecule has 0 spiro atoms. The Morgan fingerprint density at radius 1 is 1.55 bits per heavy atom. The predicted molar refractivity (Wildman–Crippen MR) is 40.9 cm³/mol. The Kier molecular flexibility index (Phi) is 2.71. The first-order chi connectivity index (χ1) is 5.33. The number of hydrogen-bond acceptors (Lipinski definition) is 4. The van der Waals surface area contributed by atoms with Gasteiger partial charge < -0.3 is 9.84 Å². The van der Waals surface area contributed by atoms with Gasteiger partial charge >= 0.3 is 0 Å². The van der Waals surface area contributed by atoms with Gasteiger partial charge in [0.2, 0.25) is 0 Å². The highest BCUT2D eigenvalue weighted by Gasteiger charge is 1.92. The third-order valence-corrected chi connectivity index (χ3v) is 1.14. The van der Waals surface area contributed by atoms with Gasteiger partial charge in [0.25, 0.3) is 0 Å². The molecule has 1 rings (SSSR count). The maximum absolute atomic E-state index is 8.98. The molecule has 4 nitrogen and oxygen atoms in total. The molecular weight excluding hydrogens is 144 g/mol. The van der Waals surface area contributed by atoms with Gasteiger partial charge in [0, 0.05) is 6.07 Å². The van der Waals surface area contributed by atoms with E-state index in [4.69, 9.17) is 15.7 Å². The van der Waals surface area contributed by atoms with E-state index in [2.05, 4.69) is 5.43 Å². The summed E-state index contributed by atoms with van der Waals surface area (Å²) in [5, 5.41) is 8.98. The molecule has 0 amide bonds. The summed E-state index contributed by atoms with van der Waals surface area (Å²) < 4.78 is 5.04. The van der Waals surface area contributed by atoms with E-state index in [1.54, 1.807) is 18.2 Å². The normalized spacial score (nSPS) is 9.55. The number of ether oxygens (including phenoxy) is 1. The number of phenolic OH excluding ortho intramolecular Hbond substituents is 1. The van der Waals surface area contributed by atoms with Crippen LogP contribution in [-0.2, 0) is 0 Å². The minimum atomic E-state index is 0.180. The summed E-state index contributed by atoms with van der Waals surface area (Å²) in [6.07, 6.45) is 0. The molecule has 0 aliphatic carbocycles. The summed E-state index contributed by atoms with van der Waals surface area (Å²) in [5.74, 6) is 5.74. The highest BCUT2D eigenvalue weighted by molar-refractivity contribution is 5.31. The molecule has 0 bridgehead atoms. The maximum atomic E-state index is 8.98. The van der Waals surface area contributed by atoms with Gasteiger partial charge in [0.05, 0.1) is 0 Å². The van der Waals surface area contributed by atoms with Gasteiger partial charge in [-0.25, -0.2) is 5.43 Å². The van der Waals surface area contributed by atoms with Crippen LogP contribution in [0.5, 0.6) is 11.5 Å². The molecular formula is C7H10N2O2. The molecule has 0 saturated carbocycles. The molecule has 0 fully saturated rings. The molecule has 1 aromatic rings. The van der Waals surface area contributed by atoms with Crippen LogP contribution in [0.1, 0.15) is 0 Å². The van der Waals surface area contributed by atoms with Crippen LogP contribution in [0.3, 0.4) is 0 Å². The summed E-state index contributed by atoms with van der Waals surface area (Å²) in [6.45, 7) is 0.226. The van der Waals surface area contributed by atoms with Crippen molar-refractivity contribution in [1.82, 2.24) is 5.43 Å². The zero-order chi connectivity index (χ0) is 8.10. The van der Waals surface area contributed by atoms with Crippen molar-refractivity contribution in [3.63, 3.8) is 0 Å². The van der Waals surface area contributed by atoms with Gasteiger partial charge in [-0.05, 0) is 12.1 Å². The number of hydrogen-bond donors (Lipinski definition) is 3. The van der Waals surface area contributed by atoms with Crippen LogP contribution in [0, 0.1) is 0 Å². The van der Waals surface area contributed by atoms with Crippen LogP contribution in [0.2, 0.25) is 0 Å². The molecule has 0 aliphatic rings. The fraction of sp³-hybridized carbons (Fsp3) is 0.143. The molecule has 0 aromatic heterocycles. The van der Waals surface area contributed by atoms with E-state index in [1.807, 2.05) is 0 Å². The van der Waals surface area contributed by atoms with Crippen LogP contribution in [0.25, 0.3) is 0 Å². The summed E-state index contributed by atoms with van der Waals surface area (Å²) in [7, 11) is 0. The molecule has 0 atom stereocenters. The van der Waals surface area contributed by atoms with Crippen molar-refractivity contribution in [3.05, 3.63) is 24.3 Å². The number of nitrogens with two attached hydrogens (primary N) is 1. The smallest absolute Gasteiger partial charge is 0.151 e. The minimum Gasteiger partial charge on any atom is -0.508 e. The second kappa shape index (κ2) is 3.80. The lowest BCUT2D eigenvalue weighted by atomic mass is 10.3. The molecule has 0 aliphatic heterocycles. The number of hydrazine groups is 1. The zero-order valence-electron chi connectivity index (χ0n) is 5.95. The molecule has 0 radical (unpaired) electrons. The lowest BCUT2D eigenvalue weighted by molar-refractivity contribution is 0.285. The molecule has 0 saturated heterocycles. The summed E-state index contributed by atoms with van der Waals surface area (Å²) in [5.41, 5.74) is 2.33. The average molecular weight is 154 g/mol. The highest BCUT2D eigenvalue weighted by Crippen LogP contribution is 2.16. The monoisotopic (exact) mass is 154 g/mol. The molecule has 1 aromatic carbocycles. The minimum absolute atomic E-state index is 0.180. The second-order valence-electron chi connectivity index (χ2n) is 1.99. The van der Waals surface area contributed by atoms with Crippen molar-refractivity contribution in [3.8, 4) is 11.5 Å². The van der Waals surface area contributed by atoms with E-state index in [1.165, 1.54) is 6.07 Å². The van der Waals surface area contributed by atoms with Crippen LogP contribution >= 0.6 is 0 Å². The van der Waals surface area contributed by atoms with Crippen LogP contribution in [-0.4, -0.2) is 11.8 Å². The average Bonchev–Trinajstić information content (AvgIpc) is 2.01. The Labute approximate surface area is 64.6 Å².